The van der Waals surface area contributed by atoms with E-state index < -0.39 is 266 Å². The molecule has 0 radical (unpaired) electrons. The fraction of sp³-hybridized carbons (Fsp3) is 0.440. The molecular formula is C91H123N25O22S. The molecule has 2 aliphatic heterocycles. The van der Waals surface area contributed by atoms with E-state index in [4.69, 9.17) is 45.2 Å². The summed E-state index contributed by atoms with van der Waals surface area (Å²) in [5.74, 6) is -24.0. The number of carbonyl (C=O) groups is 19. The summed E-state index contributed by atoms with van der Waals surface area (Å²) in [4.78, 5) is 279. The van der Waals surface area contributed by atoms with Crippen LogP contribution in [-0.4, -0.2) is 310 Å². The van der Waals surface area contributed by atoms with Gasteiger partial charge < -0.3 is 138 Å². The van der Waals surface area contributed by atoms with Gasteiger partial charge in [-0.05, 0) is 97.0 Å². The van der Waals surface area contributed by atoms with Gasteiger partial charge in [0.2, 0.25) is 106 Å². The smallest absolute Gasteiger partial charge is 0.305 e. The van der Waals surface area contributed by atoms with Crippen molar-refractivity contribution >= 4 is 136 Å². The van der Waals surface area contributed by atoms with Crippen LogP contribution in [0.3, 0.4) is 0 Å². The Morgan fingerprint density at radius 3 is 1.38 bits per heavy atom. The molecular weight excluding hydrogens is 1830 g/mol. The van der Waals surface area contributed by atoms with E-state index in [9.17, 15) is 72.9 Å². The number of nitrogens with two attached hydrogens (primary N) is 6. The Bertz CT molecular complexity index is 5190. The average molecular weight is 1950 g/mol. The standard InChI is InChI=1S/C91H123N25O22S/c1-113-47-74(122)103-58(28-17-35-100-90(96)97)78(127)109-65(44-76(124)125)89(138)116-46-56-26-14-13-25-55(56)41-70(116)85(134)110-64(43-72(94)120)88(137)115(3)69(40-53-23-11-6-12-24-53)84(133)112-67(77(126)102-45-73(95)121)49-139-50-75(123)104-61(37-51-19-7-4-8-20-51)80(129)106-60(29-18-36-101-91(98)99)87(136)114(2)68(39-52-21-9-5-10-22-52)83(132)111-66(48-117)82(131)105-59(27-15-16-34-92)79(128)107-62(42-71(93)119)81(130)108-63(86(113)135)38-54-30-32-57(118)33-31-54/h4-14,19-26,30-33,58-70,117-118H,15-18,27-29,34-50,92H2,1-3H3,(H2,93,119)(H2,94,120)(H2,95,121)(H,102,126)(H,103,122)(H,104,123)(H,105,131)(H,106,129)(H,107,128)(H,108,130)(H,109,127)(H,110,134)(H,111,132)(H,112,133)(H,124,125)(H4,96,97,100)(H4,98,99,101)/t58-,59-,60-,61-,62-,63-,64-,65-,66-,67-,68-,69-,70-/m0/s1. The molecule has 0 saturated carbocycles. The number of hydrogen-bond acceptors (Lipinski definition) is 25. The molecule has 1 saturated heterocycles. The number of aliphatic hydroxyl groups is 1. The molecule has 2 aliphatic rings. The molecule has 0 unspecified atom stereocenters. The highest BCUT2D eigenvalue weighted by atomic mass is 32.2. The lowest BCUT2D eigenvalue weighted by Crippen LogP contribution is -2.62. The molecule has 750 valence electrons. The Morgan fingerprint density at radius 2 is 0.842 bits per heavy atom. The number of guanidine groups is 2. The Labute approximate surface area is 804 Å². The van der Waals surface area contributed by atoms with Crippen LogP contribution in [0.15, 0.2) is 140 Å². The lowest BCUT2D eigenvalue weighted by molar-refractivity contribution is -0.149. The van der Waals surface area contributed by atoms with Gasteiger partial charge in [-0.3, -0.25) is 102 Å². The molecule has 47 nitrogen and oxygen atoms in total. The zero-order valence-corrected chi connectivity index (χ0v) is 77.8. The maximum Gasteiger partial charge on any atom is 0.305 e. The second-order valence-corrected chi connectivity index (χ2v) is 34.3. The summed E-state index contributed by atoms with van der Waals surface area (Å²) in [5.41, 5.74) is 36.4. The van der Waals surface area contributed by atoms with E-state index in [0.29, 0.717) is 27.8 Å². The molecule has 0 bridgehead atoms. The quantitative estimate of drug-likeness (QED) is 0.0115. The van der Waals surface area contributed by atoms with Crippen molar-refractivity contribution in [3.63, 3.8) is 0 Å². The largest absolute Gasteiger partial charge is 0.508 e. The van der Waals surface area contributed by atoms with Gasteiger partial charge in [-0.25, -0.2) is 0 Å². The predicted octanol–water partition coefficient (Wildman–Crippen LogP) is -7.20. The third kappa shape index (κ3) is 36.3. The molecule has 5 aromatic rings. The first-order valence-electron chi connectivity index (χ1n) is 44.6. The molecule has 7 rings (SSSR count). The van der Waals surface area contributed by atoms with Gasteiger partial charge in [-0.1, -0.05) is 127 Å². The van der Waals surface area contributed by atoms with Crippen molar-refractivity contribution in [3.8, 4) is 5.75 Å². The SMILES string of the molecule is CN1CC(=O)N[C@@H](CCCNC(=N)N)C(=O)N[C@@H](CC(=O)O)C(=O)N2Cc3ccccc3C[C@H]2C(=O)N[C@@H](CC(N)=O)C(=O)N(C)[C@@H](Cc2ccccc2)C(=O)N[C@H](C(=O)NCC(N)=O)CSCC(=O)N[C@@H](Cc2ccccc2)C(=O)N[C@@H](CCCNC(=N)N)C(=O)N(C)[C@@H](Cc2ccccc2)C(=O)N[C@@H](CO)C(=O)N[C@@H](CCCCN)C(=O)N[C@@H](CC(N)=O)C(=O)N[C@@H](Cc2ccc(O)cc2)C1=O. The number of carboxylic acids is 1. The molecule has 5 aromatic carbocycles. The van der Waals surface area contributed by atoms with Crippen LogP contribution >= 0.6 is 11.8 Å². The van der Waals surface area contributed by atoms with E-state index in [1.807, 2.05) is 0 Å². The highest BCUT2D eigenvalue weighted by Gasteiger charge is 2.44. The van der Waals surface area contributed by atoms with Crippen LogP contribution in [0.2, 0.25) is 0 Å². The maximum atomic E-state index is 15.4. The summed E-state index contributed by atoms with van der Waals surface area (Å²) in [7, 11) is 3.44. The Morgan fingerprint density at radius 1 is 0.417 bits per heavy atom. The first-order valence-corrected chi connectivity index (χ1v) is 45.7. The number of hydrogen-bond donors (Lipinski definition) is 24. The topological polar surface area (TPSA) is 758 Å². The van der Waals surface area contributed by atoms with Crippen molar-refractivity contribution in [2.75, 3.05) is 72.0 Å². The first kappa shape index (κ1) is 111. The van der Waals surface area contributed by atoms with Crippen molar-refractivity contribution in [2.24, 2.45) is 34.4 Å². The number of thioether (sulfide) groups is 1. The minimum absolute atomic E-state index is 0.000929. The van der Waals surface area contributed by atoms with E-state index >= 15 is 33.6 Å². The van der Waals surface area contributed by atoms with E-state index in [1.165, 1.54) is 31.3 Å². The molecule has 1 fully saturated rings. The van der Waals surface area contributed by atoms with E-state index in [-0.39, 0.29) is 102 Å². The highest BCUT2D eigenvalue weighted by Crippen LogP contribution is 2.27. The van der Waals surface area contributed by atoms with Crippen molar-refractivity contribution in [1.82, 2.24) is 88.7 Å². The number of likely N-dealkylation sites (N-methyl/N-ethyl adjacent to an activating group) is 3. The molecule has 2 heterocycles. The number of carboxylic acid groups (broad SMARTS) is 1. The zero-order chi connectivity index (χ0) is 102. The lowest BCUT2D eigenvalue weighted by Gasteiger charge is -2.39. The second-order valence-electron chi connectivity index (χ2n) is 33.3. The molecule has 0 spiro atoms. The number of carbonyl (C=O) groups excluding carboxylic acids is 18. The van der Waals surface area contributed by atoms with Gasteiger partial charge >= 0.3 is 5.97 Å². The van der Waals surface area contributed by atoms with Gasteiger partial charge in [0.25, 0.3) is 0 Å². The second kappa shape index (κ2) is 55.6. The molecule has 139 heavy (non-hydrogen) atoms. The number of unbranched alkanes of at least 4 members (excludes halogenated alkanes) is 1. The van der Waals surface area contributed by atoms with Crippen LogP contribution in [0.1, 0.15) is 97.6 Å². The Kier molecular flexibility index (Phi) is 44.3. The van der Waals surface area contributed by atoms with Gasteiger partial charge in [0, 0.05) is 78.6 Å². The number of nitrogens with one attached hydrogen (secondary N) is 15. The lowest BCUT2D eigenvalue weighted by atomic mass is 9.92. The zero-order valence-electron chi connectivity index (χ0n) is 77.0. The molecule has 13 atom stereocenters. The van der Waals surface area contributed by atoms with Crippen molar-refractivity contribution in [3.05, 3.63) is 173 Å². The van der Waals surface area contributed by atoms with Gasteiger partial charge in [-0.15, -0.1) is 11.8 Å². The number of aliphatic carboxylic acids is 1. The number of nitrogens with zero attached hydrogens (tertiary/aromatic N) is 4. The highest BCUT2D eigenvalue weighted by molar-refractivity contribution is 8.00. The number of phenolic OH excluding ortho intramolecular Hbond substituents is 1. The molecule has 18 amide bonds. The summed E-state index contributed by atoms with van der Waals surface area (Å²) < 4.78 is 0. The average Bonchev–Trinajstić information content (AvgIpc) is 0.779. The normalized spacial score (nSPS) is 22.4. The van der Waals surface area contributed by atoms with Crippen molar-refractivity contribution in [2.45, 2.75) is 181 Å². The molecule has 0 aromatic heterocycles. The summed E-state index contributed by atoms with van der Waals surface area (Å²) in [5, 5.41) is 80.0. The maximum absolute atomic E-state index is 15.4. The van der Waals surface area contributed by atoms with E-state index in [1.54, 1.807) is 115 Å². The predicted molar refractivity (Wildman–Crippen MR) is 504 cm³/mol. The first-order chi connectivity index (χ1) is 66.1. The summed E-state index contributed by atoms with van der Waals surface area (Å²) in [6.07, 6.45) is -5.57. The number of primary amides is 3. The number of phenols is 1. The minimum atomic E-state index is -2.11. The summed E-state index contributed by atoms with van der Waals surface area (Å²) in [6, 6.07) is 12.8. The summed E-state index contributed by atoms with van der Waals surface area (Å²) in [6.45, 7) is -3.50. The Hall–Kier alpha value is -15.4. The van der Waals surface area contributed by atoms with Gasteiger partial charge in [0.05, 0.1) is 44.7 Å². The van der Waals surface area contributed by atoms with Crippen LogP contribution in [0.5, 0.6) is 5.75 Å². The van der Waals surface area contributed by atoms with Gasteiger partial charge in [-0.2, -0.15) is 0 Å². The number of aromatic hydroxyl groups is 1. The van der Waals surface area contributed by atoms with Crippen LogP contribution in [0, 0.1) is 10.8 Å². The molecule has 0 aliphatic carbocycles. The van der Waals surface area contributed by atoms with Crippen LogP contribution in [0.25, 0.3) is 0 Å². The fourth-order valence-electron chi connectivity index (χ4n) is 15.3. The number of fused-ring (bicyclic) bond motifs is 2. The third-order valence-electron chi connectivity index (χ3n) is 22.6. The van der Waals surface area contributed by atoms with Crippen LogP contribution in [0.4, 0.5) is 0 Å². The van der Waals surface area contributed by atoms with E-state index in [0.717, 1.165) is 45.5 Å². The number of benzene rings is 5. The molecule has 48 heteroatoms. The van der Waals surface area contributed by atoms with Crippen LogP contribution in [-0.2, 0) is 130 Å². The monoisotopic (exact) mass is 1950 g/mol. The molecule has 30 N–H and O–H groups in total. The van der Waals surface area contributed by atoms with Crippen molar-refractivity contribution < 1.29 is 106 Å². The fourth-order valence-corrected chi connectivity index (χ4v) is 16.1. The van der Waals surface area contributed by atoms with E-state index in [2.05, 4.69) is 69.1 Å². The van der Waals surface area contributed by atoms with Crippen LogP contribution < -0.4 is 104 Å². The number of aliphatic hydroxyl groups excluding tert-OH is 1. The number of amides is 18. The van der Waals surface area contributed by atoms with Crippen molar-refractivity contribution in [1.29, 1.82) is 10.8 Å². The Balaban J connectivity index is 1.35. The third-order valence-corrected chi connectivity index (χ3v) is 23.6. The van der Waals surface area contributed by atoms with Gasteiger partial charge in [0.15, 0.2) is 11.9 Å². The number of rotatable bonds is 30. The summed E-state index contributed by atoms with van der Waals surface area (Å²) >= 11 is 0.720. The van der Waals surface area contributed by atoms with Gasteiger partial charge in [0.1, 0.15) is 84.3 Å². The minimum Gasteiger partial charge on any atom is -0.508 e.